The van der Waals surface area contributed by atoms with Gasteiger partial charge in [0.15, 0.2) is 0 Å². The molecule has 1 aromatic rings. The highest BCUT2D eigenvalue weighted by molar-refractivity contribution is 5.90. The Morgan fingerprint density at radius 1 is 1.67 bits per heavy atom. The number of nitrogen functional groups attached to an aromatic ring is 1. The molecular weight excluding hydrogens is 198 g/mol. The first kappa shape index (κ1) is 11.4. The lowest BCUT2D eigenvalue weighted by Crippen LogP contribution is -2.29. The predicted molar refractivity (Wildman–Crippen MR) is 54.2 cm³/mol. The molecule has 7 nitrogen and oxygen atoms in total. The summed E-state index contributed by atoms with van der Waals surface area (Å²) >= 11 is 0. The topological polar surface area (TPSA) is 97.1 Å². The lowest BCUT2D eigenvalue weighted by atomic mass is 10.4. The molecule has 1 heterocycles. The van der Waals surface area contributed by atoms with Gasteiger partial charge in [0.25, 0.3) is 5.91 Å². The third kappa shape index (κ3) is 3.21. The molecule has 15 heavy (non-hydrogen) atoms. The first-order valence-corrected chi connectivity index (χ1v) is 4.57. The van der Waals surface area contributed by atoms with Gasteiger partial charge in [-0.1, -0.05) is 0 Å². The molecule has 0 saturated carbocycles. The molecule has 0 atom stereocenters. The second-order valence-electron chi connectivity index (χ2n) is 3.12. The molecule has 1 aromatic heterocycles. The molecule has 0 radical (unpaired) electrons. The standard InChI is InChI=1S/C8H15N5O2/c1-13(4-3-5-15-2)7(14)6-10-8(9)12-11-6/h3-5H2,1-2H3,(H3,9,10,11,12). The maximum atomic E-state index is 11.6. The maximum absolute atomic E-state index is 11.6. The summed E-state index contributed by atoms with van der Waals surface area (Å²) in [5.74, 6) is 0.00589. The number of ether oxygens (including phenoxy) is 1. The molecule has 7 heteroatoms. The summed E-state index contributed by atoms with van der Waals surface area (Å²) < 4.78 is 4.89. The predicted octanol–water partition coefficient (Wildman–Crippen LogP) is -0.505. The SMILES string of the molecule is COCCCN(C)C(=O)c1nc(N)n[nH]1. The van der Waals surface area contributed by atoms with Gasteiger partial charge in [0, 0.05) is 27.3 Å². The second-order valence-corrected chi connectivity index (χ2v) is 3.12. The fraction of sp³-hybridized carbons (Fsp3) is 0.625. The number of nitrogens with zero attached hydrogens (tertiary/aromatic N) is 3. The fourth-order valence-corrected chi connectivity index (χ4v) is 1.10. The minimum atomic E-state index is -0.227. The lowest BCUT2D eigenvalue weighted by molar-refractivity contribution is 0.0768. The Labute approximate surface area is 87.6 Å². The van der Waals surface area contributed by atoms with Crippen LogP contribution in [0.25, 0.3) is 0 Å². The van der Waals surface area contributed by atoms with E-state index in [-0.39, 0.29) is 17.7 Å². The number of carbonyl (C=O) groups excluding carboxylic acids is 1. The minimum absolute atomic E-state index is 0.0728. The summed E-state index contributed by atoms with van der Waals surface area (Å²) in [6.07, 6.45) is 0.780. The van der Waals surface area contributed by atoms with Crippen molar-refractivity contribution in [1.29, 1.82) is 0 Å². The van der Waals surface area contributed by atoms with Gasteiger partial charge in [0.1, 0.15) is 0 Å². The molecule has 0 unspecified atom stereocenters. The van der Waals surface area contributed by atoms with Crippen molar-refractivity contribution >= 4 is 11.9 Å². The highest BCUT2D eigenvalue weighted by Crippen LogP contribution is 1.99. The van der Waals surface area contributed by atoms with Gasteiger partial charge >= 0.3 is 0 Å². The number of hydrogen-bond donors (Lipinski definition) is 2. The Kier molecular flexibility index (Phi) is 4.04. The van der Waals surface area contributed by atoms with Crippen molar-refractivity contribution in [3.63, 3.8) is 0 Å². The van der Waals surface area contributed by atoms with Crippen LogP contribution in [0.2, 0.25) is 0 Å². The van der Waals surface area contributed by atoms with E-state index >= 15 is 0 Å². The molecule has 0 bridgehead atoms. The van der Waals surface area contributed by atoms with Crippen LogP contribution < -0.4 is 5.73 Å². The normalized spacial score (nSPS) is 10.3. The van der Waals surface area contributed by atoms with E-state index in [0.29, 0.717) is 13.2 Å². The number of aromatic amines is 1. The molecule has 0 saturated heterocycles. The smallest absolute Gasteiger partial charge is 0.290 e. The molecule has 0 fully saturated rings. The number of carbonyl (C=O) groups is 1. The summed E-state index contributed by atoms with van der Waals surface area (Å²) in [5.41, 5.74) is 5.29. The van der Waals surface area contributed by atoms with Crippen LogP contribution in [0.15, 0.2) is 0 Å². The zero-order valence-corrected chi connectivity index (χ0v) is 8.86. The molecule has 3 N–H and O–H groups in total. The molecule has 84 valence electrons. The van der Waals surface area contributed by atoms with Gasteiger partial charge in [-0.15, -0.1) is 5.10 Å². The van der Waals surface area contributed by atoms with E-state index < -0.39 is 0 Å². The number of H-pyrrole nitrogens is 1. The minimum Gasteiger partial charge on any atom is -0.385 e. The van der Waals surface area contributed by atoms with Crippen molar-refractivity contribution in [2.45, 2.75) is 6.42 Å². The quantitative estimate of drug-likeness (QED) is 0.642. The molecule has 1 amide bonds. The number of hydrogen-bond acceptors (Lipinski definition) is 5. The van der Waals surface area contributed by atoms with Crippen molar-refractivity contribution in [1.82, 2.24) is 20.1 Å². The first-order valence-electron chi connectivity index (χ1n) is 4.57. The van der Waals surface area contributed by atoms with Crippen molar-refractivity contribution < 1.29 is 9.53 Å². The van der Waals surface area contributed by atoms with Crippen LogP contribution in [0.3, 0.4) is 0 Å². The van der Waals surface area contributed by atoms with E-state index in [1.165, 1.54) is 0 Å². The molecule has 0 aliphatic carbocycles. The zero-order valence-electron chi connectivity index (χ0n) is 8.86. The van der Waals surface area contributed by atoms with E-state index in [2.05, 4.69) is 15.2 Å². The van der Waals surface area contributed by atoms with Crippen LogP contribution in [-0.4, -0.2) is 53.3 Å². The van der Waals surface area contributed by atoms with E-state index in [1.54, 1.807) is 19.1 Å². The van der Waals surface area contributed by atoms with Crippen molar-refractivity contribution in [2.24, 2.45) is 0 Å². The number of methoxy groups -OCH3 is 1. The highest BCUT2D eigenvalue weighted by atomic mass is 16.5. The number of anilines is 1. The van der Waals surface area contributed by atoms with Gasteiger partial charge in [0.05, 0.1) is 0 Å². The van der Waals surface area contributed by atoms with Crippen LogP contribution in [-0.2, 0) is 4.74 Å². The van der Waals surface area contributed by atoms with Gasteiger partial charge in [-0.05, 0) is 6.42 Å². The monoisotopic (exact) mass is 213 g/mol. The third-order valence-electron chi connectivity index (χ3n) is 1.89. The Bertz CT molecular complexity index is 325. The van der Waals surface area contributed by atoms with Crippen molar-refractivity contribution in [3.05, 3.63) is 5.82 Å². The molecule has 0 aromatic carbocycles. The highest BCUT2D eigenvalue weighted by Gasteiger charge is 2.14. The lowest BCUT2D eigenvalue weighted by Gasteiger charge is -2.14. The van der Waals surface area contributed by atoms with Gasteiger partial charge in [0.2, 0.25) is 11.8 Å². The summed E-state index contributed by atoms with van der Waals surface area (Å²) in [5, 5.41) is 6.05. The summed E-state index contributed by atoms with van der Waals surface area (Å²) in [6, 6.07) is 0. The Morgan fingerprint density at radius 2 is 2.40 bits per heavy atom. The number of aromatic nitrogens is 3. The van der Waals surface area contributed by atoms with E-state index in [4.69, 9.17) is 10.5 Å². The number of rotatable bonds is 5. The molecule has 0 spiro atoms. The van der Waals surface area contributed by atoms with Crippen LogP contribution in [0.5, 0.6) is 0 Å². The third-order valence-corrected chi connectivity index (χ3v) is 1.89. The summed E-state index contributed by atoms with van der Waals surface area (Å²) in [7, 11) is 3.32. The van der Waals surface area contributed by atoms with Crippen LogP contribution in [0.4, 0.5) is 5.95 Å². The van der Waals surface area contributed by atoms with E-state index in [9.17, 15) is 4.79 Å². The number of amides is 1. The number of nitrogens with one attached hydrogen (secondary N) is 1. The molecule has 0 aliphatic heterocycles. The van der Waals surface area contributed by atoms with Crippen LogP contribution in [0.1, 0.15) is 17.0 Å². The van der Waals surface area contributed by atoms with Gasteiger partial charge < -0.3 is 15.4 Å². The van der Waals surface area contributed by atoms with Crippen molar-refractivity contribution in [3.8, 4) is 0 Å². The summed E-state index contributed by atoms with van der Waals surface area (Å²) in [4.78, 5) is 16.9. The summed E-state index contributed by atoms with van der Waals surface area (Å²) in [6.45, 7) is 1.23. The zero-order chi connectivity index (χ0) is 11.3. The maximum Gasteiger partial charge on any atom is 0.290 e. The Balaban J connectivity index is 2.46. The average Bonchev–Trinajstić information content (AvgIpc) is 2.64. The van der Waals surface area contributed by atoms with Crippen LogP contribution >= 0.6 is 0 Å². The van der Waals surface area contributed by atoms with Crippen LogP contribution in [0, 0.1) is 0 Å². The average molecular weight is 213 g/mol. The Hall–Kier alpha value is -1.63. The van der Waals surface area contributed by atoms with Gasteiger partial charge in [-0.3, -0.25) is 9.89 Å². The molecule has 1 rings (SSSR count). The first-order chi connectivity index (χ1) is 7.15. The number of nitrogens with two attached hydrogens (primary N) is 1. The van der Waals surface area contributed by atoms with E-state index in [1.807, 2.05) is 0 Å². The largest absolute Gasteiger partial charge is 0.385 e. The molecule has 0 aliphatic rings. The van der Waals surface area contributed by atoms with Crippen molar-refractivity contribution in [2.75, 3.05) is 33.0 Å². The van der Waals surface area contributed by atoms with E-state index in [0.717, 1.165) is 6.42 Å². The second kappa shape index (κ2) is 5.30. The van der Waals surface area contributed by atoms with Gasteiger partial charge in [-0.2, -0.15) is 4.98 Å². The Morgan fingerprint density at radius 3 is 2.93 bits per heavy atom. The fourth-order valence-electron chi connectivity index (χ4n) is 1.10. The molecular formula is C8H15N5O2. The van der Waals surface area contributed by atoms with Gasteiger partial charge in [-0.25, -0.2) is 0 Å².